The van der Waals surface area contributed by atoms with E-state index in [1.807, 2.05) is 0 Å². The van der Waals surface area contributed by atoms with Crippen LogP contribution in [0.3, 0.4) is 0 Å². The molecule has 3 nitrogen and oxygen atoms in total. The van der Waals surface area contributed by atoms with Crippen LogP contribution in [0.1, 0.15) is 25.7 Å². The van der Waals surface area contributed by atoms with E-state index >= 15 is 0 Å². The Bertz CT molecular complexity index is 595. The monoisotopic (exact) mass is 381 g/mol. The lowest BCUT2D eigenvalue weighted by molar-refractivity contribution is 0.263. The molecule has 0 bridgehead atoms. The molecule has 1 aromatic carbocycles. The molecule has 1 aliphatic carbocycles. The van der Waals surface area contributed by atoms with Crippen molar-refractivity contribution < 1.29 is 17.2 Å². The third kappa shape index (κ3) is 4.23. The molecule has 2 atom stereocenters. The molecule has 0 aromatic heterocycles. The molecule has 0 spiro atoms. The van der Waals surface area contributed by atoms with Gasteiger partial charge in [-0.2, -0.15) is 0 Å². The zero-order valence-corrected chi connectivity index (χ0v) is 13.9. The van der Waals surface area contributed by atoms with E-state index in [2.05, 4.69) is 20.7 Å². The van der Waals surface area contributed by atoms with Crippen LogP contribution in [-0.4, -0.2) is 20.3 Å². The number of halogens is 3. The largest absolute Gasteiger partial charge is 0.240 e. The first-order chi connectivity index (χ1) is 9.94. The van der Waals surface area contributed by atoms with Crippen LogP contribution in [0, 0.1) is 23.5 Å². The Balaban J connectivity index is 2.05. The van der Waals surface area contributed by atoms with Gasteiger partial charge in [-0.05, 0) is 42.9 Å². The zero-order chi connectivity index (χ0) is 15.5. The Kier molecular flexibility index (Phi) is 5.73. The summed E-state index contributed by atoms with van der Waals surface area (Å²) in [5.74, 6) is -1.49. The predicted molar refractivity (Wildman–Crippen MR) is 80.8 cm³/mol. The van der Waals surface area contributed by atoms with Crippen LogP contribution in [0.5, 0.6) is 0 Å². The number of hydrogen-bond acceptors (Lipinski definition) is 2. The molecule has 1 saturated carbocycles. The molecule has 0 amide bonds. The molecular formula is C14H18BrF2NO2S. The predicted octanol–water partition coefficient (Wildman–Crippen LogP) is 3.44. The van der Waals surface area contributed by atoms with Gasteiger partial charge in [0.2, 0.25) is 10.0 Å². The average Bonchev–Trinajstić information content (AvgIpc) is 2.48. The third-order valence-electron chi connectivity index (χ3n) is 4.00. The molecule has 0 heterocycles. The van der Waals surface area contributed by atoms with E-state index in [1.165, 1.54) is 6.42 Å². The van der Waals surface area contributed by atoms with Crippen molar-refractivity contribution in [3.05, 3.63) is 29.8 Å². The summed E-state index contributed by atoms with van der Waals surface area (Å²) in [5, 5.41) is 0.852. The van der Waals surface area contributed by atoms with Gasteiger partial charge >= 0.3 is 0 Å². The minimum Gasteiger partial charge on any atom is -0.211 e. The molecular weight excluding hydrogens is 364 g/mol. The quantitative estimate of drug-likeness (QED) is 0.793. The molecule has 0 radical (unpaired) electrons. The van der Waals surface area contributed by atoms with Crippen molar-refractivity contribution in [3.63, 3.8) is 0 Å². The molecule has 0 saturated heterocycles. The first kappa shape index (κ1) is 16.8. The first-order valence-corrected chi connectivity index (χ1v) is 9.55. The highest BCUT2D eigenvalue weighted by molar-refractivity contribution is 9.09. The fourth-order valence-electron chi connectivity index (χ4n) is 2.70. The van der Waals surface area contributed by atoms with Gasteiger partial charge in [-0.1, -0.05) is 28.8 Å². The van der Waals surface area contributed by atoms with Crippen LogP contribution in [0.15, 0.2) is 23.1 Å². The van der Waals surface area contributed by atoms with Crippen LogP contribution >= 0.6 is 15.9 Å². The van der Waals surface area contributed by atoms with Crippen LogP contribution in [0.4, 0.5) is 8.78 Å². The average molecular weight is 382 g/mol. The van der Waals surface area contributed by atoms with Gasteiger partial charge < -0.3 is 0 Å². The van der Waals surface area contributed by atoms with Crippen molar-refractivity contribution >= 4 is 26.0 Å². The summed E-state index contributed by atoms with van der Waals surface area (Å²) in [7, 11) is -3.80. The minimum absolute atomic E-state index is 0.243. The van der Waals surface area contributed by atoms with E-state index in [0.717, 1.165) is 36.7 Å². The zero-order valence-electron chi connectivity index (χ0n) is 11.5. The van der Waals surface area contributed by atoms with Crippen molar-refractivity contribution in [1.82, 2.24) is 4.72 Å². The summed E-state index contributed by atoms with van der Waals surface area (Å²) in [6.45, 7) is 0.331. The number of alkyl halides is 1. The van der Waals surface area contributed by atoms with Gasteiger partial charge in [-0.25, -0.2) is 21.9 Å². The van der Waals surface area contributed by atoms with Gasteiger partial charge in [-0.15, -0.1) is 0 Å². The number of sulfonamides is 1. The maximum absolute atomic E-state index is 13.1. The lowest BCUT2D eigenvalue weighted by atomic mass is 9.80. The molecule has 118 valence electrons. The van der Waals surface area contributed by atoms with E-state index in [-0.39, 0.29) is 10.8 Å². The Labute approximate surface area is 132 Å². The van der Waals surface area contributed by atoms with Crippen LogP contribution < -0.4 is 4.72 Å². The van der Waals surface area contributed by atoms with Crippen LogP contribution in [-0.2, 0) is 10.0 Å². The first-order valence-electron chi connectivity index (χ1n) is 6.94. The van der Waals surface area contributed by atoms with Gasteiger partial charge in [0.15, 0.2) is 11.6 Å². The summed E-state index contributed by atoms with van der Waals surface area (Å²) in [6.07, 6.45) is 4.34. The molecule has 1 aliphatic rings. The summed E-state index contributed by atoms with van der Waals surface area (Å²) in [4.78, 5) is -0.243. The smallest absolute Gasteiger partial charge is 0.211 e. The molecule has 7 heteroatoms. The van der Waals surface area contributed by atoms with Gasteiger partial charge in [-0.3, -0.25) is 0 Å². The number of nitrogens with one attached hydrogen (secondary N) is 1. The lowest BCUT2D eigenvalue weighted by Crippen LogP contribution is -2.34. The van der Waals surface area contributed by atoms with Crippen LogP contribution in [0.25, 0.3) is 0 Å². The van der Waals surface area contributed by atoms with Crippen molar-refractivity contribution in [2.75, 3.05) is 11.9 Å². The maximum atomic E-state index is 13.1. The van der Waals surface area contributed by atoms with E-state index in [1.54, 1.807) is 0 Å². The molecule has 1 fully saturated rings. The molecule has 0 aliphatic heterocycles. The number of rotatable bonds is 5. The second kappa shape index (κ2) is 7.15. The van der Waals surface area contributed by atoms with Gasteiger partial charge in [0.1, 0.15) is 0 Å². The highest BCUT2D eigenvalue weighted by atomic mass is 79.9. The van der Waals surface area contributed by atoms with E-state index in [9.17, 15) is 17.2 Å². The fourth-order valence-corrected chi connectivity index (χ4v) is 4.66. The number of hydrogen-bond donors (Lipinski definition) is 1. The Morgan fingerprint density at radius 3 is 2.43 bits per heavy atom. The van der Waals surface area contributed by atoms with E-state index in [4.69, 9.17) is 0 Å². The maximum Gasteiger partial charge on any atom is 0.240 e. The third-order valence-corrected chi connectivity index (χ3v) is 6.25. The number of benzene rings is 1. The topological polar surface area (TPSA) is 46.2 Å². The summed E-state index contributed by atoms with van der Waals surface area (Å²) in [6, 6.07) is 2.61. The van der Waals surface area contributed by atoms with Gasteiger partial charge in [0.25, 0.3) is 0 Å². The van der Waals surface area contributed by atoms with Crippen molar-refractivity contribution in [2.45, 2.75) is 30.6 Å². The second-order valence-electron chi connectivity index (χ2n) is 5.39. The fraction of sp³-hybridized carbons (Fsp3) is 0.571. The van der Waals surface area contributed by atoms with Crippen molar-refractivity contribution in [1.29, 1.82) is 0 Å². The van der Waals surface area contributed by atoms with E-state index in [0.29, 0.717) is 18.5 Å². The summed E-state index contributed by atoms with van der Waals surface area (Å²) >= 11 is 3.47. The van der Waals surface area contributed by atoms with Crippen molar-refractivity contribution in [3.8, 4) is 0 Å². The summed E-state index contributed by atoms with van der Waals surface area (Å²) < 4.78 is 52.8. The molecule has 2 rings (SSSR count). The Hall–Kier alpha value is -0.530. The van der Waals surface area contributed by atoms with Crippen LogP contribution in [0.2, 0.25) is 0 Å². The minimum atomic E-state index is -3.80. The lowest BCUT2D eigenvalue weighted by Gasteiger charge is -2.30. The van der Waals surface area contributed by atoms with Crippen molar-refractivity contribution in [2.24, 2.45) is 11.8 Å². The van der Waals surface area contributed by atoms with Gasteiger partial charge in [0, 0.05) is 11.9 Å². The molecule has 21 heavy (non-hydrogen) atoms. The van der Waals surface area contributed by atoms with E-state index < -0.39 is 21.7 Å². The highest BCUT2D eigenvalue weighted by Crippen LogP contribution is 2.31. The molecule has 1 aromatic rings. The SMILES string of the molecule is O=S(=O)(NCC1CCCCC1CBr)c1ccc(F)c(F)c1. The Morgan fingerprint density at radius 1 is 1.14 bits per heavy atom. The highest BCUT2D eigenvalue weighted by Gasteiger charge is 2.26. The standard InChI is InChI=1S/C14H18BrF2NO2S/c15-8-10-3-1-2-4-11(10)9-18-21(19,20)12-5-6-13(16)14(17)7-12/h5-7,10-11,18H,1-4,8-9H2. The Morgan fingerprint density at radius 2 is 1.81 bits per heavy atom. The second-order valence-corrected chi connectivity index (χ2v) is 7.80. The molecule has 1 N–H and O–H groups in total. The molecule has 2 unspecified atom stereocenters. The summed E-state index contributed by atoms with van der Waals surface area (Å²) in [5.41, 5.74) is 0. The van der Waals surface area contributed by atoms with Gasteiger partial charge in [0.05, 0.1) is 4.90 Å². The normalized spacial score (nSPS) is 23.2.